The molecule has 2 N–H and O–H groups in total. The Bertz CT molecular complexity index is 1510. The van der Waals surface area contributed by atoms with Crippen LogP contribution in [0.4, 0.5) is 10.5 Å². The summed E-state index contributed by atoms with van der Waals surface area (Å²) in [6.07, 6.45) is 2.46. The number of ether oxygens (including phenoxy) is 3. The Kier molecular flexibility index (Phi) is 12.0. The van der Waals surface area contributed by atoms with Gasteiger partial charge in [-0.25, -0.2) is 13.2 Å². The molecule has 238 valence electrons. The first-order valence-electron chi connectivity index (χ1n) is 14.2. The zero-order valence-electron chi connectivity index (χ0n) is 25.2. The third-order valence-corrected chi connectivity index (χ3v) is 7.82. The van der Waals surface area contributed by atoms with Crippen LogP contribution in [0.25, 0.3) is 6.08 Å². The number of carbonyl (C=O) groups excluding carboxylic acids is 2. The Morgan fingerprint density at radius 3 is 2.57 bits per heavy atom. The van der Waals surface area contributed by atoms with Crippen LogP contribution in [0.1, 0.15) is 57.2 Å². The number of halogens is 1. The lowest BCUT2D eigenvalue weighted by Gasteiger charge is -2.33. The molecule has 13 heteroatoms. The van der Waals surface area contributed by atoms with Gasteiger partial charge in [-0.05, 0) is 63.1 Å². The summed E-state index contributed by atoms with van der Waals surface area (Å²) < 4.78 is 44.3. The molecule has 1 atom stereocenters. The van der Waals surface area contributed by atoms with Crippen molar-refractivity contribution in [1.29, 1.82) is 5.26 Å². The summed E-state index contributed by atoms with van der Waals surface area (Å²) in [6, 6.07) is 11.8. The first kappa shape index (κ1) is 34.7. The van der Waals surface area contributed by atoms with Crippen LogP contribution in [-0.4, -0.2) is 73.7 Å². The van der Waals surface area contributed by atoms with Gasteiger partial charge in [-0.1, -0.05) is 35.9 Å². The Labute approximate surface area is 263 Å². The minimum absolute atomic E-state index is 0.0314. The summed E-state index contributed by atoms with van der Waals surface area (Å²) in [4.78, 5) is 25.9. The van der Waals surface area contributed by atoms with Gasteiger partial charge < -0.3 is 24.2 Å². The molecule has 2 aromatic carbocycles. The second kappa shape index (κ2) is 15.3. The third-order valence-electron chi connectivity index (χ3n) is 6.38. The summed E-state index contributed by atoms with van der Waals surface area (Å²) in [5, 5.41) is 20.1. The van der Waals surface area contributed by atoms with E-state index in [4.69, 9.17) is 31.1 Å². The van der Waals surface area contributed by atoms with Crippen LogP contribution in [0, 0.1) is 11.3 Å². The molecule has 1 amide bonds. The van der Waals surface area contributed by atoms with Gasteiger partial charge in [0.05, 0.1) is 35.1 Å². The van der Waals surface area contributed by atoms with Gasteiger partial charge in [0, 0.05) is 32.4 Å². The summed E-state index contributed by atoms with van der Waals surface area (Å²) >= 11 is 6.52. The highest BCUT2D eigenvalue weighted by atomic mass is 35.5. The molecule has 0 spiro atoms. The van der Waals surface area contributed by atoms with Crippen LogP contribution < -0.4 is 9.46 Å². The van der Waals surface area contributed by atoms with Crippen LogP contribution >= 0.6 is 11.6 Å². The molecule has 0 aromatic heterocycles. The molecule has 1 aliphatic rings. The van der Waals surface area contributed by atoms with E-state index in [-0.39, 0.29) is 35.6 Å². The minimum Gasteiger partial charge on any atom is -0.489 e. The van der Waals surface area contributed by atoms with Gasteiger partial charge in [-0.3, -0.25) is 9.52 Å². The van der Waals surface area contributed by atoms with Crippen LogP contribution in [0.2, 0.25) is 5.02 Å². The van der Waals surface area contributed by atoms with E-state index >= 15 is 0 Å². The number of benzene rings is 2. The van der Waals surface area contributed by atoms with E-state index in [1.54, 1.807) is 69.0 Å². The number of nitrogens with zero attached hydrogens (tertiary/aromatic N) is 2. The fourth-order valence-corrected chi connectivity index (χ4v) is 5.60. The normalized spacial score (nSPS) is 15.0. The van der Waals surface area contributed by atoms with Crippen molar-refractivity contribution in [3.8, 4) is 11.8 Å². The van der Waals surface area contributed by atoms with Crippen molar-refractivity contribution >= 4 is 45.5 Å². The van der Waals surface area contributed by atoms with Crippen molar-refractivity contribution in [1.82, 2.24) is 4.90 Å². The number of nitriles is 1. The molecular weight excluding hydrogens is 610 g/mol. The monoisotopic (exact) mass is 647 g/mol. The SMILES string of the molecule is CCOC(=O)CS(=O)(=O)Nc1cc(Cl)c(OC2CCN(C(=O)OC(C)(C)C)CC2)cc1CC(O)/C=C/c1cccc(C#N)c1. The van der Waals surface area contributed by atoms with Crippen LogP contribution in [0.3, 0.4) is 0 Å². The maximum atomic E-state index is 12.7. The van der Waals surface area contributed by atoms with E-state index in [2.05, 4.69) is 10.8 Å². The maximum Gasteiger partial charge on any atom is 0.410 e. The van der Waals surface area contributed by atoms with Crippen LogP contribution in [0.15, 0.2) is 42.5 Å². The van der Waals surface area contributed by atoms with Gasteiger partial charge in [0.2, 0.25) is 10.0 Å². The van der Waals surface area contributed by atoms with Crippen molar-refractivity contribution in [2.75, 3.05) is 30.2 Å². The Hall–Kier alpha value is -3.79. The van der Waals surface area contributed by atoms with Gasteiger partial charge in [-0.15, -0.1) is 0 Å². The lowest BCUT2D eigenvalue weighted by molar-refractivity contribution is -0.139. The summed E-state index contributed by atoms with van der Waals surface area (Å²) in [7, 11) is -4.17. The number of nitrogens with one attached hydrogen (secondary N) is 1. The molecule has 0 aliphatic carbocycles. The molecule has 1 fully saturated rings. The molecule has 0 radical (unpaired) electrons. The van der Waals surface area contributed by atoms with Crippen molar-refractivity contribution in [3.63, 3.8) is 0 Å². The van der Waals surface area contributed by atoms with Gasteiger partial charge in [0.25, 0.3) is 0 Å². The van der Waals surface area contributed by atoms with E-state index in [1.165, 1.54) is 12.1 Å². The molecular formula is C31H38ClN3O8S. The Balaban J connectivity index is 1.81. The van der Waals surface area contributed by atoms with E-state index in [9.17, 15) is 23.1 Å². The molecule has 1 aliphatic heterocycles. The second-order valence-electron chi connectivity index (χ2n) is 11.3. The Morgan fingerprint density at radius 1 is 1.23 bits per heavy atom. The van der Waals surface area contributed by atoms with E-state index in [1.807, 2.05) is 0 Å². The first-order valence-corrected chi connectivity index (χ1v) is 16.2. The number of rotatable bonds is 11. The lowest BCUT2D eigenvalue weighted by Crippen LogP contribution is -2.44. The average molecular weight is 648 g/mol. The minimum atomic E-state index is -4.17. The second-order valence-corrected chi connectivity index (χ2v) is 13.4. The largest absolute Gasteiger partial charge is 0.489 e. The molecule has 44 heavy (non-hydrogen) atoms. The summed E-state index contributed by atoms with van der Waals surface area (Å²) in [6.45, 7) is 7.86. The quantitative estimate of drug-likeness (QED) is 0.324. The van der Waals surface area contributed by atoms with Crippen molar-refractivity contribution < 1.29 is 37.3 Å². The first-order chi connectivity index (χ1) is 20.7. The number of sulfonamides is 1. The van der Waals surface area contributed by atoms with Crippen molar-refractivity contribution in [2.45, 2.75) is 64.8 Å². The number of hydrogen-bond donors (Lipinski definition) is 2. The molecule has 0 saturated carbocycles. The predicted octanol–water partition coefficient (Wildman–Crippen LogP) is 4.91. The van der Waals surface area contributed by atoms with Crippen LogP contribution in [0.5, 0.6) is 5.75 Å². The van der Waals surface area contributed by atoms with Gasteiger partial charge in [0.1, 0.15) is 17.5 Å². The highest BCUT2D eigenvalue weighted by Gasteiger charge is 2.28. The average Bonchev–Trinajstić information content (AvgIpc) is 2.93. The fraction of sp³-hybridized carbons (Fsp3) is 0.452. The van der Waals surface area contributed by atoms with E-state index in [0.717, 1.165) is 0 Å². The molecule has 0 bridgehead atoms. The highest BCUT2D eigenvalue weighted by Crippen LogP contribution is 2.35. The van der Waals surface area contributed by atoms with Crippen molar-refractivity contribution in [2.24, 2.45) is 0 Å². The van der Waals surface area contributed by atoms with Gasteiger partial charge >= 0.3 is 12.1 Å². The maximum absolute atomic E-state index is 12.7. The number of carbonyl (C=O) groups is 2. The number of anilines is 1. The zero-order valence-corrected chi connectivity index (χ0v) is 26.8. The molecule has 1 heterocycles. The number of aliphatic hydroxyl groups excluding tert-OH is 1. The molecule has 11 nitrogen and oxygen atoms in total. The number of piperidine rings is 1. The molecule has 1 saturated heterocycles. The molecule has 3 rings (SSSR count). The number of esters is 1. The standard InChI is InChI=1S/C31H38ClN3O8S/c1-5-41-29(37)20-44(39,40)34-27-18-26(32)28(42-25-11-13-35(14-12-25)30(38)43-31(2,3)4)17-23(27)16-24(36)10-9-21-7-6-8-22(15-21)19-33/h6-10,15,17-18,24-25,34,36H,5,11-14,16,20H2,1-4H3/b10-9+. The molecule has 1 unspecified atom stereocenters. The van der Waals surface area contributed by atoms with E-state index in [0.29, 0.717) is 42.6 Å². The number of aliphatic hydroxyl groups is 1. The van der Waals surface area contributed by atoms with Crippen molar-refractivity contribution in [3.05, 3.63) is 64.2 Å². The number of likely N-dealkylation sites (tertiary alicyclic amines) is 1. The van der Waals surface area contributed by atoms with Gasteiger partial charge in [0.15, 0.2) is 5.75 Å². The Morgan fingerprint density at radius 2 is 1.93 bits per heavy atom. The number of hydrogen-bond acceptors (Lipinski definition) is 9. The predicted molar refractivity (Wildman–Crippen MR) is 167 cm³/mol. The van der Waals surface area contributed by atoms with Gasteiger partial charge in [-0.2, -0.15) is 5.26 Å². The number of amides is 1. The summed E-state index contributed by atoms with van der Waals surface area (Å²) in [5.74, 6) is -1.53. The fourth-order valence-electron chi connectivity index (χ4n) is 4.40. The van der Waals surface area contributed by atoms with Crippen LogP contribution in [-0.2, 0) is 30.7 Å². The molecule has 2 aromatic rings. The highest BCUT2D eigenvalue weighted by molar-refractivity contribution is 7.93. The third kappa shape index (κ3) is 11.0. The van der Waals surface area contributed by atoms with E-state index < -0.39 is 39.5 Å². The zero-order chi connectivity index (χ0) is 32.5. The topological polar surface area (TPSA) is 155 Å². The summed E-state index contributed by atoms with van der Waals surface area (Å²) in [5.41, 5.74) is 1.01. The smallest absolute Gasteiger partial charge is 0.410 e. The lowest BCUT2D eigenvalue weighted by atomic mass is 10.0.